The molecule has 3 saturated heterocycles. The van der Waals surface area contributed by atoms with Crippen LogP contribution in [0.5, 0.6) is 0 Å². The highest BCUT2D eigenvalue weighted by molar-refractivity contribution is 7.14. The molecule has 0 aliphatic carbocycles. The van der Waals surface area contributed by atoms with Gasteiger partial charge in [0.15, 0.2) is 10.9 Å². The lowest BCUT2D eigenvalue weighted by Gasteiger charge is -2.32. The number of hydrogen-bond acceptors (Lipinski definition) is 8. The minimum atomic E-state index is -0.712. The number of ether oxygens (including phenoxy) is 1. The number of likely N-dealkylation sites (N-methyl/N-ethyl adjacent to an activating group) is 1. The predicted octanol–water partition coefficient (Wildman–Crippen LogP) is 2.52. The van der Waals surface area contributed by atoms with Gasteiger partial charge in [-0.3, -0.25) is 14.4 Å². The molecule has 2 aromatic rings. The third-order valence-corrected chi connectivity index (χ3v) is 9.10. The van der Waals surface area contributed by atoms with Crippen molar-refractivity contribution in [2.45, 2.75) is 45.4 Å². The van der Waals surface area contributed by atoms with Gasteiger partial charge >= 0.3 is 0 Å². The quantitative estimate of drug-likeness (QED) is 0.578. The fourth-order valence-corrected chi connectivity index (χ4v) is 6.43. The molecule has 5 atom stereocenters. The van der Waals surface area contributed by atoms with Crippen molar-refractivity contribution in [3.63, 3.8) is 0 Å². The molecule has 1 aromatic carbocycles. The maximum Gasteiger partial charge on any atom is 0.251 e. The second-order valence-electron chi connectivity index (χ2n) is 10.9. The molecular formula is C28H37N5O4S. The van der Waals surface area contributed by atoms with Crippen LogP contribution in [-0.2, 0) is 14.3 Å². The zero-order chi connectivity index (χ0) is 27.0. The number of piperazine rings is 1. The summed E-state index contributed by atoms with van der Waals surface area (Å²) in [4.78, 5) is 50.4. The molecular weight excluding hydrogens is 502 g/mol. The SMILES string of the molecule is CC[C@H](C)[C@H](NC(=O)c1ccc(-c2csc(N3CCN(C)CC3)n2)cc1)C(=O)N1C[C@@H](C)[C@H]2OCC(=O)[C@H]21. The van der Waals surface area contributed by atoms with E-state index in [0.717, 1.165) is 49.0 Å². The van der Waals surface area contributed by atoms with Crippen molar-refractivity contribution in [2.75, 3.05) is 51.3 Å². The molecule has 4 heterocycles. The highest BCUT2D eigenvalue weighted by Gasteiger charge is 2.51. The topological polar surface area (TPSA) is 95.1 Å². The summed E-state index contributed by atoms with van der Waals surface area (Å²) < 4.78 is 5.65. The molecule has 10 heteroatoms. The van der Waals surface area contributed by atoms with Gasteiger partial charge in [0.25, 0.3) is 5.91 Å². The number of thiazole rings is 1. The zero-order valence-electron chi connectivity index (χ0n) is 22.6. The first-order valence-electron chi connectivity index (χ1n) is 13.5. The molecule has 1 aromatic heterocycles. The molecule has 0 unspecified atom stereocenters. The van der Waals surface area contributed by atoms with E-state index in [0.29, 0.717) is 12.1 Å². The number of fused-ring (bicyclic) bond motifs is 1. The molecule has 0 bridgehead atoms. The van der Waals surface area contributed by atoms with Crippen molar-refractivity contribution < 1.29 is 19.1 Å². The molecule has 2 amide bonds. The Kier molecular flexibility index (Phi) is 7.83. The summed E-state index contributed by atoms with van der Waals surface area (Å²) in [7, 11) is 2.14. The Balaban J connectivity index is 1.27. The van der Waals surface area contributed by atoms with Crippen molar-refractivity contribution in [2.24, 2.45) is 11.8 Å². The molecule has 38 heavy (non-hydrogen) atoms. The Morgan fingerprint density at radius 2 is 1.89 bits per heavy atom. The van der Waals surface area contributed by atoms with Gasteiger partial charge in [0.2, 0.25) is 5.91 Å². The number of carbonyl (C=O) groups is 3. The lowest BCUT2D eigenvalue weighted by Crippen LogP contribution is -2.54. The number of hydrogen-bond donors (Lipinski definition) is 1. The molecule has 3 aliphatic rings. The average molecular weight is 540 g/mol. The highest BCUT2D eigenvalue weighted by Crippen LogP contribution is 2.33. The van der Waals surface area contributed by atoms with Crippen LogP contribution in [0, 0.1) is 11.8 Å². The third-order valence-electron chi connectivity index (χ3n) is 8.20. The number of nitrogens with one attached hydrogen (secondary N) is 1. The second kappa shape index (κ2) is 11.1. The number of benzene rings is 1. The number of anilines is 1. The van der Waals surface area contributed by atoms with Crippen LogP contribution in [0.1, 0.15) is 37.6 Å². The van der Waals surface area contributed by atoms with E-state index in [-0.39, 0.29) is 42.1 Å². The number of aromatic nitrogens is 1. The van der Waals surface area contributed by atoms with Gasteiger partial charge in [-0.1, -0.05) is 39.3 Å². The molecule has 3 aliphatic heterocycles. The van der Waals surface area contributed by atoms with Gasteiger partial charge in [-0.2, -0.15) is 0 Å². The molecule has 9 nitrogen and oxygen atoms in total. The maximum absolute atomic E-state index is 13.6. The van der Waals surface area contributed by atoms with Gasteiger partial charge in [0, 0.05) is 55.1 Å². The molecule has 1 N–H and O–H groups in total. The zero-order valence-corrected chi connectivity index (χ0v) is 23.4. The van der Waals surface area contributed by atoms with Gasteiger partial charge in [-0.05, 0) is 25.1 Å². The van der Waals surface area contributed by atoms with E-state index in [4.69, 9.17) is 9.72 Å². The Morgan fingerprint density at radius 3 is 2.58 bits per heavy atom. The summed E-state index contributed by atoms with van der Waals surface area (Å²) in [6, 6.07) is 6.10. The number of ketones is 1. The number of nitrogens with zero attached hydrogens (tertiary/aromatic N) is 4. The van der Waals surface area contributed by atoms with Gasteiger partial charge < -0.3 is 24.8 Å². The summed E-state index contributed by atoms with van der Waals surface area (Å²) in [6.07, 6.45) is 0.464. The van der Waals surface area contributed by atoms with Crippen molar-refractivity contribution in [1.29, 1.82) is 0 Å². The second-order valence-corrected chi connectivity index (χ2v) is 11.7. The van der Waals surface area contributed by atoms with Crippen LogP contribution in [0.4, 0.5) is 5.13 Å². The van der Waals surface area contributed by atoms with Crippen molar-refractivity contribution in [1.82, 2.24) is 20.1 Å². The number of likely N-dealkylation sites (tertiary alicyclic amines) is 1. The number of rotatable bonds is 7. The maximum atomic E-state index is 13.6. The minimum absolute atomic E-state index is 0.0476. The predicted molar refractivity (Wildman–Crippen MR) is 147 cm³/mol. The Bertz CT molecular complexity index is 1180. The van der Waals surface area contributed by atoms with Crippen LogP contribution in [0.15, 0.2) is 29.6 Å². The molecule has 3 fully saturated rings. The average Bonchev–Trinajstić information content (AvgIpc) is 3.65. The summed E-state index contributed by atoms with van der Waals surface area (Å²) >= 11 is 1.64. The summed E-state index contributed by atoms with van der Waals surface area (Å²) in [5, 5.41) is 6.05. The molecule has 0 radical (unpaired) electrons. The Hall–Kier alpha value is -2.82. The van der Waals surface area contributed by atoms with E-state index >= 15 is 0 Å². The van der Waals surface area contributed by atoms with E-state index in [1.807, 2.05) is 32.9 Å². The van der Waals surface area contributed by atoms with E-state index < -0.39 is 12.1 Å². The van der Waals surface area contributed by atoms with Crippen molar-refractivity contribution in [3.05, 3.63) is 35.2 Å². The normalized spacial score (nSPS) is 25.4. The minimum Gasteiger partial charge on any atom is -0.367 e. The van der Waals surface area contributed by atoms with Crippen LogP contribution in [0.25, 0.3) is 11.3 Å². The lowest BCUT2D eigenvalue weighted by atomic mass is 9.96. The first-order chi connectivity index (χ1) is 18.3. The van der Waals surface area contributed by atoms with Gasteiger partial charge in [0.05, 0.1) is 11.8 Å². The van der Waals surface area contributed by atoms with E-state index in [1.54, 1.807) is 28.4 Å². The lowest BCUT2D eigenvalue weighted by molar-refractivity contribution is -0.139. The van der Waals surface area contributed by atoms with Crippen LogP contribution in [0.3, 0.4) is 0 Å². The van der Waals surface area contributed by atoms with Crippen LogP contribution >= 0.6 is 11.3 Å². The van der Waals surface area contributed by atoms with Crippen molar-refractivity contribution in [3.8, 4) is 11.3 Å². The van der Waals surface area contributed by atoms with E-state index in [2.05, 4.69) is 27.5 Å². The first kappa shape index (κ1) is 26.8. The fourth-order valence-electron chi connectivity index (χ4n) is 5.54. The van der Waals surface area contributed by atoms with Crippen molar-refractivity contribution >= 4 is 34.1 Å². The van der Waals surface area contributed by atoms with E-state index in [1.165, 1.54) is 0 Å². The van der Waals surface area contributed by atoms with Crippen LogP contribution < -0.4 is 10.2 Å². The third kappa shape index (κ3) is 5.21. The largest absolute Gasteiger partial charge is 0.367 e. The summed E-state index contributed by atoms with van der Waals surface area (Å²) in [6.45, 7) is 10.5. The smallest absolute Gasteiger partial charge is 0.251 e. The first-order valence-corrected chi connectivity index (χ1v) is 14.4. The summed E-state index contributed by atoms with van der Waals surface area (Å²) in [5.74, 6) is -0.569. The van der Waals surface area contributed by atoms with Gasteiger partial charge in [-0.15, -0.1) is 11.3 Å². The number of amides is 2. The van der Waals surface area contributed by atoms with Crippen LogP contribution in [0.2, 0.25) is 0 Å². The monoisotopic (exact) mass is 539 g/mol. The summed E-state index contributed by atoms with van der Waals surface area (Å²) in [5.41, 5.74) is 2.33. The van der Waals surface area contributed by atoms with Crippen LogP contribution in [-0.4, -0.2) is 96.9 Å². The van der Waals surface area contributed by atoms with Gasteiger partial charge in [-0.25, -0.2) is 4.98 Å². The van der Waals surface area contributed by atoms with Gasteiger partial charge in [0.1, 0.15) is 18.7 Å². The van der Waals surface area contributed by atoms with E-state index in [9.17, 15) is 14.4 Å². The number of Topliss-reactive ketones (excluding diaryl/α,β-unsaturated/α-hetero) is 1. The Labute approximate surface area is 228 Å². The Morgan fingerprint density at radius 1 is 1.18 bits per heavy atom. The standard InChI is InChI=1S/C28H37N5O4S/c1-5-17(2)23(27(36)33-14-18(3)25-24(33)22(34)15-37-25)30-26(35)20-8-6-19(7-9-20)21-16-38-28(29-21)32-12-10-31(4)11-13-32/h6-9,16-18,23-25H,5,10-15H2,1-4H3,(H,30,35)/t17-,18+,23-,24+,25+/m0/s1. The molecule has 204 valence electrons. The molecule has 0 spiro atoms. The fraction of sp³-hybridized carbons (Fsp3) is 0.571. The molecule has 5 rings (SSSR count). The highest BCUT2D eigenvalue weighted by atomic mass is 32.1. The molecule has 0 saturated carbocycles. The number of carbonyl (C=O) groups excluding carboxylic acids is 3.